The van der Waals surface area contributed by atoms with Crippen LogP contribution < -0.4 is 14.8 Å². The van der Waals surface area contributed by atoms with E-state index < -0.39 is 0 Å². The number of carbonyl (C=O) groups is 1. The minimum absolute atomic E-state index is 0.134. The zero-order valence-electron chi connectivity index (χ0n) is 17.6. The second-order valence-electron chi connectivity index (χ2n) is 7.22. The summed E-state index contributed by atoms with van der Waals surface area (Å²) < 4.78 is 16.3. The number of hydrogen-bond acceptors (Lipinski definition) is 5. The first-order chi connectivity index (χ1) is 14.2. The summed E-state index contributed by atoms with van der Waals surface area (Å²) in [7, 11) is 5.13. The molecule has 29 heavy (non-hydrogen) atoms. The summed E-state index contributed by atoms with van der Waals surface area (Å²) in [5.74, 6) is 2.66. The van der Waals surface area contributed by atoms with Gasteiger partial charge in [-0.2, -0.15) is 0 Å². The molecule has 0 aromatic heterocycles. The van der Waals surface area contributed by atoms with E-state index in [9.17, 15) is 4.79 Å². The molecule has 1 atom stereocenters. The third kappa shape index (κ3) is 5.32. The molecule has 2 aliphatic heterocycles. The van der Waals surface area contributed by atoms with Crippen LogP contribution in [0, 0.1) is 0 Å². The van der Waals surface area contributed by atoms with Gasteiger partial charge in [0.1, 0.15) is 17.6 Å². The SMILES string of the molecule is CN=C(NCCc1cc(OC)ccc1OC)N1CCN(C(=O)C2CCCO2)CC1. The van der Waals surface area contributed by atoms with Gasteiger partial charge in [0.05, 0.1) is 14.2 Å². The van der Waals surface area contributed by atoms with Gasteiger partial charge in [0, 0.05) is 46.4 Å². The molecule has 8 heteroatoms. The highest BCUT2D eigenvalue weighted by Crippen LogP contribution is 2.24. The fourth-order valence-electron chi connectivity index (χ4n) is 3.83. The number of aliphatic imine (C=N–C) groups is 1. The van der Waals surface area contributed by atoms with Gasteiger partial charge in [-0.15, -0.1) is 0 Å². The van der Waals surface area contributed by atoms with Gasteiger partial charge in [0.15, 0.2) is 5.96 Å². The van der Waals surface area contributed by atoms with E-state index in [1.54, 1.807) is 21.3 Å². The minimum atomic E-state index is -0.239. The highest BCUT2D eigenvalue weighted by atomic mass is 16.5. The van der Waals surface area contributed by atoms with Gasteiger partial charge in [-0.3, -0.25) is 9.79 Å². The highest BCUT2D eigenvalue weighted by Gasteiger charge is 2.30. The Bertz CT molecular complexity index is 711. The summed E-state index contributed by atoms with van der Waals surface area (Å²) in [5.41, 5.74) is 1.08. The third-order valence-corrected chi connectivity index (χ3v) is 5.47. The van der Waals surface area contributed by atoms with E-state index >= 15 is 0 Å². The maximum atomic E-state index is 12.5. The maximum absolute atomic E-state index is 12.5. The average Bonchev–Trinajstić information content (AvgIpc) is 3.31. The van der Waals surface area contributed by atoms with Crippen LogP contribution in [0.1, 0.15) is 18.4 Å². The number of nitrogens with one attached hydrogen (secondary N) is 1. The van der Waals surface area contributed by atoms with Crippen molar-refractivity contribution in [1.82, 2.24) is 15.1 Å². The second-order valence-corrected chi connectivity index (χ2v) is 7.22. The number of ether oxygens (including phenoxy) is 3. The first-order valence-electron chi connectivity index (χ1n) is 10.2. The van der Waals surface area contributed by atoms with E-state index in [4.69, 9.17) is 14.2 Å². The quantitative estimate of drug-likeness (QED) is 0.566. The fraction of sp³-hybridized carbons (Fsp3) is 0.619. The lowest BCUT2D eigenvalue weighted by atomic mass is 10.1. The number of carbonyl (C=O) groups excluding carboxylic acids is 1. The topological polar surface area (TPSA) is 75.6 Å². The summed E-state index contributed by atoms with van der Waals surface area (Å²) in [6.07, 6.45) is 2.37. The molecule has 0 bridgehead atoms. The van der Waals surface area contributed by atoms with Gasteiger partial charge in [-0.1, -0.05) is 0 Å². The Morgan fingerprint density at radius 1 is 1.21 bits per heavy atom. The fourth-order valence-corrected chi connectivity index (χ4v) is 3.83. The molecule has 0 aliphatic carbocycles. The first-order valence-corrected chi connectivity index (χ1v) is 10.2. The second kappa shape index (κ2) is 10.3. The molecule has 2 aliphatic rings. The molecular formula is C21H32N4O4. The van der Waals surface area contributed by atoms with Crippen LogP contribution in [0.2, 0.25) is 0 Å². The number of piperazine rings is 1. The smallest absolute Gasteiger partial charge is 0.251 e. The third-order valence-electron chi connectivity index (χ3n) is 5.47. The van der Waals surface area contributed by atoms with Crippen molar-refractivity contribution in [3.05, 3.63) is 23.8 Å². The molecule has 1 amide bonds. The lowest BCUT2D eigenvalue weighted by Gasteiger charge is -2.37. The Labute approximate surface area is 172 Å². The molecule has 1 unspecified atom stereocenters. The molecular weight excluding hydrogens is 372 g/mol. The van der Waals surface area contributed by atoms with Crippen molar-refractivity contribution in [2.24, 2.45) is 4.99 Å². The van der Waals surface area contributed by atoms with Crippen molar-refractivity contribution in [2.45, 2.75) is 25.4 Å². The van der Waals surface area contributed by atoms with Crippen LogP contribution in [-0.4, -0.2) is 88.4 Å². The lowest BCUT2D eigenvalue weighted by Crippen LogP contribution is -2.55. The van der Waals surface area contributed by atoms with Crippen LogP contribution in [-0.2, 0) is 16.0 Å². The summed E-state index contributed by atoms with van der Waals surface area (Å²) >= 11 is 0. The summed E-state index contributed by atoms with van der Waals surface area (Å²) in [4.78, 5) is 21.0. The standard InChI is InChI=1S/C21H32N4O4/c1-22-21(23-9-8-16-15-17(27-2)6-7-18(16)28-3)25-12-10-24(11-13-25)20(26)19-5-4-14-29-19/h6-7,15,19H,4-5,8-14H2,1-3H3,(H,22,23). The van der Waals surface area contributed by atoms with Crippen LogP contribution in [0.25, 0.3) is 0 Å². The largest absolute Gasteiger partial charge is 0.497 e. The number of rotatable bonds is 6. The predicted octanol–water partition coefficient (Wildman–Crippen LogP) is 1.14. The summed E-state index contributed by atoms with van der Waals surface area (Å²) in [6.45, 7) is 4.35. The van der Waals surface area contributed by atoms with Gasteiger partial charge >= 0.3 is 0 Å². The molecule has 1 N–H and O–H groups in total. The zero-order chi connectivity index (χ0) is 20.6. The molecule has 2 fully saturated rings. The van der Waals surface area contributed by atoms with Gasteiger partial charge in [-0.05, 0) is 43.0 Å². The van der Waals surface area contributed by atoms with Crippen molar-refractivity contribution < 1.29 is 19.0 Å². The summed E-state index contributed by atoms with van der Waals surface area (Å²) in [6, 6.07) is 5.82. The van der Waals surface area contributed by atoms with Crippen LogP contribution in [0.3, 0.4) is 0 Å². The maximum Gasteiger partial charge on any atom is 0.251 e. The minimum Gasteiger partial charge on any atom is -0.497 e. The zero-order valence-corrected chi connectivity index (χ0v) is 17.6. The Hall–Kier alpha value is -2.48. The van der Waals surface area contributed by atoms with Crippen molar-refractivity contribution in [3.8, 4) is 11.5 Å². The predicted molar refractivity (Wildman–Crippen MR) is 112 cm³/mol. The monoisotopic (exact) mass is 404 g/mol. The highest BCUT2D eigenvalue weighted by molar-refractivity contribution is 5.82. The number of benzene rings is 1. The van der Waals surface area contributed by atoms with Crippen molar-refractivity contribution in [2.75, 3.05) is 60.6 Å². The average molecular weight is 405 g/mol. The van der Waals surface area contributed by atoms with Gasteiger partial charge < -0.3 is 29.3 Å². The Morgan fingerprint density at radius 2 is 1.97 bits per heavy atom. The molecule has 3 rings (SSSR count). The van der Waals surface area contributed by atoms with Crippen molar-refractivity contribution in [3.63, 3.8) is 0 Å². The number of methoxy groups -OCH3 is 2. The molecule has 0 radical (unpaired) electrons. The van der Waals surface area contributed by atoms with Gasteiger partial charge in [-0.25, -0.2) is 0 Å². The summed E-state index contributed by atoms with van der Waals surface area (Å²) in [5, 5.41) is 3.43. The van der Waals surface area contributed by atoms with E-state index in [2.05, 4.69) is 15.2 Å². The lowest BCUT2D eigenvalue weighted by molar-refractivity contribution is -0.142. The number of amides is 1. The molecule has 2 saturated heterocycles. The molecule has 1 aromatic rings. The van der Waals surface area contributed by atoms with Crippen LogP contribution >= 0.6 is 0 Å². The van der Waals surface area contributed by atoms with E-state index in [1.165, 1.54) is 0 Å². The normalized spacial score (nSPS) is 20.0. The van der Waals surface area contributed by atoms with Gasteiger partial charge in [0.25, 0.3) is 5.91 Å². The Balaban J connectivity index is 1.48. The Kier molecular flexibility index (Phi) is 7.57. The molecule has 8 nitrogen and oxygen atoms in total. The van der Waals surface area contributed by atoms with E-state index in [0.717, 1.165) is 61.9 Å². The van der Waals surface area contributed by atoms with E-state index in [1.807, 2.05) is 23.1 Å². The number of guanidine groups is 1. The number of nitrogens with zero attached hydrogens (tertiary/aromatic N) is 3. The molecule has 0 saturated carbocycles. The van der Waals surface area contributed by atoms with E-state index in [-0.39, 0.29) is 12.0 Å². The van der Waals surface area contributed by atoms with Crippen molar-refractivity contribution in [1.29, 1.82) is 0 Å². The molecule has 1 aromatic carbocycles. The molecule has 0 spiro atoms. The first kappa shape index (κ1) is 21.2. The molecule has 160 valence electrons. The van der Waals surface area contributed by atoms with Crippen LogP contribution in [0.4, 0.5) is 0 Å². The van der Waals surface area contributed by atoms with Crippen molar-refractivity contribution >= 4 is 11.9 Å². The Morgan fingerprint density at radius 3 is 2.59 bits per heavy atom. The molecule has 2 heterocycles. The van der Waals surface area contributed by atoms with E-state index in [0.29, 0.717) is 19.7 Å². The van der Waals surface area contributed by atoms with Crippen LogP contribution in [0.5, 0.6) is 11.5 Å². The van der Waals surface area contributed by atoms with Gasteiger partial charge in [0.2, 0.25) is 0 Å². The van der Waals surface area contributed by atoms with Crippen LogP contribution in [0.15, 0.2) is 23.2 Å². The number of hydrogen-bond donors (Lipinski definition) is 1.